The predicted octanol–water partition coefficient (Wildman–Crippen LogP) is 3.72. The first-order valence-corrected chi connectivity index (χ1v) is 7.70. The summed E-state index contributed by atoms with van der Waals surface area (Å²) in [6.07, 6.45) is 0. The average molecular weight is 335 g/mol. The van der Waals surface area contributed by atoms with E-state index in [1.54, 1.807) is 10.6 Å². The molecule has 3 rings (SSSR count). The summed E-state index contributed by atoms with van der Waals surface area (Å²) < 4.78 is 11.5. The Morgan fingerprint density at radius 1 is 0.800 bits per heavy atom. The second-order valence-electron chi connectivity index (χ2n) is 5.31. The Bertz CT molecular complexity index is 898. The molecule has 0 N–H and O–H groups in total. The van der Waals surface area contributed by atoms with Gasteiger partial charge in [-0.15, -0.1) is 0 Å². The number of methoxy groups -OCH3 is 2. The van der Waals surface area contributed by atoms with Gasteiger partial charge >= 0.3 is 11.9 Å². The largest absolute Gasteiger partial charge is 0.465 e. The van der Waals surface area contributed by atoms with Crippen LogP contribution in [0.25, 0.3) is 16.9 Å². The van der Waals surface area contributed by atoms with Crippen molar-refractivity contribution in [3.63, 3.8) is 0 Å². The Morgan fingerprint density at radius 2 is 1.36 bits per heavy atom. The van der Waals surface area contributed by atoms with Gasteiger partial charge < -0.3 is 14.0 Å². The van der Waals surface area contributed by atoms with Gasteiger partial charge in [0.05, 0.1) is 25.5 Å². The number of hydrogen-bond donors (Lipinski definition) is 0. The summed E-state index contributed by atoms with van der Waals surface area (Å²) in [5.74, 6) is -1.20. The molecule has 0 spiro atoms. The van der Waals surface area contributed by atoms with Crippen LogP contribution >= 0.6 is 0 Å². The monoisotopic (exact) mass is 335 g/mol. The summed E-state index contributed by atoms with van der Waals surface area (Å²) in [6.45, 7) is 0. The highest BCUT2D eigenvalue weighted by Crippen LogP contribution is 2.30. The minimum atomic E-state index is -0.605. The molecule has 126 valence electrons. The number of aromatic nitrogens is 1. The Labute approximate surface area is 145 Å². The zero-order valence-electron chi connectivity index (χ0n) is 13.9. The molecule has 5 nitrogen and oxygen atoms in total. The molecule has 0 unspecified atom stereocenters. The molecule has 1 aromatic heterocycles. The SMILES string of the molecule is COC(=O)c1cc(-c2ccccc2)n(-c2ccccc2)c1C(=O)OC. The number of carbonyl (C=O) groups excluding carboxylic acids is 2. The Morgan fingerprint density at radius 3 is 1.92 bits per heavy atom. The molecule has 1 heterocycles. The molecular formula is C20H17NO4. The van der Waals surface area contributed by atoms with Crippen molar-refractivity contribution in [1.82, 2.24) is 4.57 Å². The van der Waals surface area contributed by atoms with E-state index in [9.17, 15) is 9.59 Å². The van der Waals surface area contributed by atoms with E-state index in [1.165, 1.54) is 14.2 Å². The smallest absolute Gasteiger partial charge is 0.355 e. The van der Waals surface area contributed by atoms with Crippen LogP contribution in [0.4, 0.5) is 0 Å². The molecule has 0 fully saturated rings. The molecule has 25 heavy (non-hydrogen) atoms. The number of hydrogen-bond acceptors (Lipinski definition) is 4. The number of para-hydroxylation sites is 1. The summed E-state index contributed by atoms with van der Waals surface area (Å²) in [4.78, 5) is 24.7. The second kappa shape index (κ2) is 7.05. The normalized spacial score (nSPS) is 10.3. The molecule has 5 heteroatoms. The van der Waals surface area contributed by atoms with E-state index in [0.717, 1.165) is 11.3 Å². The molecule has 0 aliphatic carbocycles. The first kappa shape index (κ1) is 16.5. The van der Waals surface area contributed by atoms with Gasteiger partial charge in [0.25, 0.3) is 0 Å². The summed E-state index contributed by atoms with van der Waals surface area (Å²) in [6, 6.07) is 20.5. The maximum atomic E-state index is 12.4. The van der Waals surface area contributed by atoms with E-state index in [2.05, 4.69) is 0 Å². The topological polar surface area (TPSA) is 57.5 Å². The standard InChI is InChI=1S/C20H17NO4/c1-24-19(22)16-13-17(14-9-5-3-6-10-14)21(18(16)20(23)25-2)15-11-7-4-8-12-15/h3-13H,1-2H3. The van der Waals surface area contributed by atoms with Crippen LogP contribution in [-0.4, -0.2) is 30.7 Å². The Kier molecular flexibility index (Phi) is 4.66. The van der Waals surface area contributed by atoms with E-state index in [1.807, 2.05) is 60.7 Å². The molecule has 0 aliphatic heterocycles. The lowest BCUT2D eigenvalue weighted by atomic mass is 10.1. The van der Waals surface area contributed by atoms with Crippen molar-refractivity contribution < 1.29 is 19.1 Å². The van der Waals surface area contributed by atoms with Gasteiger partial charge in [-0.05, 0) is 23.8 Å². The van der Waals surface area contributed by atoms with E-state index < -0.39 is 11.9 Å². The summed E-state index contributed by atoms with van der Waals surface area (Å²) in [7, 11) is 2.57. The molecule has 3 aromatic rings. The highest BCUT2D eigenvalue weighted by Gasteiger charge is 2.28. The third-order valence-electron chi connectivity index (χ3n) is 3.87. The predicted molar refractivity (Wildman–Crippen MR) is 93.9 cm³/mol. The van der Waals surface area contributed by atoms with Crippen molar-refractivity contribution >= 4 is 11.9 Å². The molecule has 0 atom stereocenters. The van der Waals surface area contributed by atoms with Crippen molar-refractivity contribution in [2.45, 2.75) is 0 Å². The molecule has 2 aromatic carbocycles. The highest BCUT2D eigenvalue weighted by molar-refractivity contribution is 6.04. The fourth-order valence-corrected chi connectivity index (χ4v) is 2.74. The lowest BCUT2D eigenvalue weighted by molar-refractivity contribution is 0.0549. The number of nitrogens with zero attached hydrogens (tertiary/aromatic N) is 1. The van der Waals surface area contributed by atoms with Gasteiger partial charge in [0, 0.05) is 5.69 Å². The number of benzene rings is 2. The van der Waals surface area contributed by atoms with Crippen LogP contribution in [0.1, 0.15) is 20.8 Å². The van der Waals surface area contributed by atoms with Gasteiger partial charge in [0.2, 0.25) is 0 Å². The Hall–Kier alpha value is -3.34. The minimum Gasteiger partial charge on any atom is -0.465 e. The second-order valence-corrected chi connectivity index (χ2v) is 5.31. The van der Waals surface area contributed by atoms with Crippen LogP contribution in [-0.2, 0) is 9.47 Å². The van der Waals surface area contributed by atoms with Crippen molar-refractivity contribution in [3.05, 3.63) is 78.0 Å². The van der Waals surface area contributed by atoms with Crippen LogP contribution in [0.15, 0.2) is 66.7 Å². The zero-order chi connectivity index (χ0) is 17.8. The fraction of sp³-hybridized carbons (Fsp3) is 0.100. The molecule has 0 aliphatic rings. The quantitative estimate of drug-likeness (QED) is 0.682. The van der Waals surface area contributed by atoms with Crippen molar-refractivity contribution in [2.75, 3.05) is 14.2 Å². The minimum absolute atomic E-state index is 0.138. The van der Waals surface area contributed by atoms with E-state index in [0.29, 0.717) is 5.69 Å². The van der Waals surface area contributed by atoms with Crippen molar-refractivity contribution in [2.24, 2.45) is 0 Å². The van der Waals surface area contributed by atoms with Gasteiger partial charge in [-0.3, -0.25) is 0 Å². The maximum Gasteiger partial charge on any atom is 0.355 e. The van der Waals surface area contributed by atoms with Gasteiger partial charge in [0.15, 0.2) is 0 Å². The number of ether oxygens (including phenoxy) is 2. The number of esters is 2. The van der Waals surface area contributed by atoms with Crippen LogP contribution < -0.4 is 0 Å². The van der Waals surface area contributed by atoms with Gasteiger partial charge in [-0.1, -0.05) is 48.5 Å². The number of rotatable bonds is 4. The average Bonchev–Trinajstić information content (AvgIpc) is 3.08. The summed E-state index contributed by atoms with van der Waals surface area (Å²) in [5.41, 5.74) is 2.62. The Balaban J connectivity index is 2.37. The lowest BCUT2D eigenvalue weighted by Crippen LogP contribution is -2.15. The van der Waals surface area contributed by atoms with Crippen LogP contribution in [0, 0.1) is 0 Å². The van der Waals surface area contributed by atoms with Crippen molar-refractivity contribution in [1.29, 1.82) is 0 Å². The summed E-state index contributed by atoms with van der Waals surface area (Å²) >= 11 is 0. The zero-order valence-corrected chi connectivity index (χ0v) is 13.9. The number of carbonyl (C=O) groups is 2. The molecule has 0 saturated carbocycles. The van der Waals surface area contributed by atoms with Crippen LogP contribution in [0.3, 0.4) is 0 Å². The van der Waals surface area contributed by atoms with Gasteiger partial charge in [0.1, 0.15) is 5.69 Å². The maximum absolute atomic E-state index is 12.4. The lowest BCUT2D eigenvalue weighted by Gasteiger charge is -2.13. The van der Waals surface area contributed by atoms with Crippen LogP contribution in [0.5, 0.6) is 0 Å². The summed E-state index contributed by atoms with van der Waals surface area (Å²) in [5, 5.41) is 0. The molecule has 0 saturated heterocycles. The first-order valence-electron chi connectivity index (χ1n) is 7.70. The van der Waals surface area contributed by atoms with Gasteiger partial charge in [-0.2, -0.15) is 0 Å². The molecule has 0 bridgehead atoms. The third kappa shape index (κ3) is 3.04. The van der Waals surface area contributed by atoms with E-state index in [4.69, 9.17) is 9.47 Å². The molecule has 0 amide bonds. The first-order chi connectivity index (χ1) is 12.2. The highest BCUT2D eigenvalue weighted by atomic mass is 16.5. The third-order valence-corrected chi connectivity index (χ3v) is 3.87. The van der Waals surface area contributed by atoms with Crippen molar-refractivity contribution in [3.8, 4) is 16.9 Å². The molecule has 0 radical (unpaired) electrons. The van der Waals surface area contributed by atoms with E-state index >= 15 is 0 Å². The van der Waals surface area contributed by atoms with E-state index in [-0.39, 0.29) is 11.3 Å². The van der Waals surface area contributed by atoms with Crippen LogP contribution in [0.2, 0.25) is 0 Å². The van der Waals surface area contributed by atoms with Gasteiger partial charge in [-0.25, -0.2) is 9.59 Å². The molecular weight excluding hydrogens is 318 g/mol. The fourth-order valence-electron chi connectivity index (χ4n) is 2.74.